The Kier molecular flexibility index (Phi) is 4.73. The van der Waals surface area contributed by atoms with Gasteiger partial charge in [-0.15, -0.1) is 0 Å². The lowest BCUT2D eigenvalue weighted by molar-refractivity contribution is 0.0913. The van der Waals surface area contributed by atoms with Gasteiger partial charge in [-0.05, 0) is 48.2 Å². The summed E-state index contributed by atoms with van der Waals surface area (Å²) in [7, 11) is 1.84. The van der Waals surface area contributed by atoms with Gasteiger partial charge in [0.15, 0.2) is 6.61 Å². The molecular weight excluding hydrogens is 286 g/mol. The Balaban J connectivity index is 2.15. The van der Waals surface area contributed by atoms with Crippen LogP contribution in [-0.2, 0) is 7.05 Å². The van der Waals surface area contributed by atoms with Crippen molar-refractivity contribution in [3.63, 3.8) is 0 Å². The van der Waals surface area contributed by atoms with Crippen molar-refractivity contribution in [3.8, 4) is 5.75 Å². The number of hydrogen-bond donors (Lipinski definition) is 0. The molecule has 0 spiro atoms. The third-order valence-corrected chi connectivity index (χ3v) is 3.83. The Hall–Kier alpha value is -1.74. The van der Waals surface area contributed by atoms with Crippen molar-refractivity contribution >= 4 is 17.4 Å². The Bertz CT molecular complexity index is 659. The third-order valence-electron chi connectivity index (χ3n) is 3.50. The van der Waals surface area contributed by atoms with Gasteiger partial charge in [0.2, 0.25) is 5.78 Å². The van der Waals surface area contributed by atoms with Crippen LogP contribution in [0.5, 0.6) is 5.75 Å². The molecule has 0 aliphatic rings. The van der Waals surface area contributed by atoms with Gasteiger partial charge in [-0.1, -0.05) is 25.4 Å². The number of nitrogens with zero attached hydrogens (tertiary/aromatic N) is 1. The largest absolute Gasteiger partial charge is 0.485 e. The highest BCUT2D eigenvalue weighted by Gasteiger charge is 2.13. The van der Waals surface area contributed by atoms with E-state index in [0.717, 1.165) is 16.1 Å². The first-order chi connectivity index (χ1) is 9.90. The number of halogens is 1. The summed E-state index contributed by atoms with van der Waals surface area (Å²) in [6, 6.07) is 7.46. The molecule has 1 aromatic heterocycles. The van der Waals surface area contributed by atoms with Gasteiger partial charge >= 0.3 is 0 Å². The molecule has 1 aromatic carbocycles. The minimum Gasteiger partial charge on any atom is -0.485 e. The van der Waals surface area contributed by atoms with E-state index in [9.17, 15) is 4.79 Å². The zero-order chi connectivity index (χ0) is 15.6. The minimum absolute atomic E-state index is 0.0257. The van der Waals surface area contributed by atoms with E-state index >= 15 is 0 Å². The van der Waals surface area contributed by atoms with Crippen LogP contribution in [0.25, 0.3) is 0 Å². The van der Waals surface area contributed by atoms with Crippen molar-refractivity contribution in [1.82, 2.24) is 4.57 Å². The normalized spacial score (nSPS) is 11.0. The molecule has 0 saturated heterocycles. The average Bonchev–Trinajstić information content (AvgIpc) is 2.83. The molecule has 1 heterocycles. The van der Waals surface area contributed by atoms with E-state index in [1.54, 1.807) is 10.6 Å². The number of carbonyl (C=O) groups is 1. The van der Waals surface area contributed by atoms with Crippen molar-refractivity contribution in [2.24, 2.45) is 7.05 Å². The van der Waals surface area contributed by atoms with Gasteiger partial charge in [0, 0.05) is 18.3 Å². The van der Waals surface area contributed by atoms with Crippen molar-refractivity contribution < 1.29 is 9.53 Å². The number of aryl methyl sites for hydroxylation is 2. The quantitative estimate of drug-likeness (QED) is 0.768. The number of hydrogen-bond acceptors (Lipinski definition) is 2. The predicted molar refractivity (Wildman–Crippen MR) is 85.5 cm³/mol. The molecular formula is C17H20ClNO2. The van der Waals surface area contributed by atoms with Crippen molar-refractivity contribution in [2.75, 3.05) is 6.61 Å². The standard InChI is InChI=1S/C17H20ClNO2/c1-11(2)13-9-17(12(3)8-14(13)18)21-10-16(20)15-6-5-7-19(15)4/h5-9,11H,10H2,1-4H3. The van der Waals surface area contributed by atoms with E-state index in [1.807, 2.05) is 38.4 Å². The maximum absolute atomic E-state index is 12.1. The Morgan fingerprint density at radius 3 is 2.67 bits per heavy atom. The van der Waals surface area contributed by atoms with E-state index in [-0.39, 0.29) is 12.4 Å². The second-order valence-corrected chi connectivity index (χ2v) is 5.92. The van der Waals surface area contributed by atoms with Gasteiger partial charge < -0.3 is 9.30 Å². The van der Waals surface area contributed by atoms with Gasteiger partial charge in [-0.2, -0.15) is 0 Å². The molecule has 2 aromatic rings. The fourth-order valence-electron chi connectivity index (χ4n) is 2.23. The lowest BCUT2D eigenvalue weighted by Gasteiger charge is -2.14. The summed E-state index contributed by atoms with van der Waals surface area (Å²) in [4.78, 5) is 12.1. The van der Waals surface area contributed by atoms with Crippen LogP contribution in [0.3, 0.4) is 0 Å². The van der Waals surface area contributed by atoms with Gasteiger partial charge in [-0.3, -0.25) is 4.79 Å². The average molecular weight is 306 g/mol. The number of ketones is 1. The number of Topliss-reactive ketones (excluding diaryl/α,β-unsaturated/α-hetero) is 1. The van der Waals surface area contributed by atoms with E-state index in [0.29, 0.717) is 17.4 Å². The van der Waals surface area contributed by atoms with Crippen molar-refractivity contribution in [1.29, 1.82) is 0 Å². The first-order valence-electron chi connectivity index (χ1n) is 6.97. The smallest absolute Gasteiger partial charge is 0.216 e. The topological polar surface area (TPSA) is 31.2 Å². The third kappa shape index (κ3) is 3.48. The van der Waals surface area contributed by atoms with E-state index in [4.69, 9.17) is 16.3 Å². The number of rotatable bonds is 5. The zero-order valence-corrected chi connectivity index (χ0v) is 13.6. The number of ether oxygens (including phenoxy) is 1. The van der Waals surface area contributed by atoms with Gasteiger partial charge in [-0.25, -0.2) is 0 Å². The summed E-state index contributed by atoms with van der Waals surface area (Å²) in [5, 5.41) is 0.739. The molecule has 4 heteroatoms. The van der Waals surface area contributed by atoms with Gasteiger partial charge in [0.1, 0.15) is 5.75 Å². The molecule has 0 atom stereocenters. The van der Waals surface area contributed by atoms with E-state index < -0.39 is 0 Å². The van der Waals surface area contributed by atoms with Crippen LogP contribution >= 0.6 is 11.6 Å². The molecule has 0 fully saturated rings. The molecule has 0 bridgehead atoms. The molecule has 0 aliphatic carbocycles. The Morgan fingerprint density at radius 2 is 2.10 bits per heavy atom. The molecule has 112 valence electrons. The van der Waals surface area contributed by atoms with Crippen molar-refractivity contribution in [2.45, 2.75) is 26.7 Å². The SMILES string of the molecule is Cc1cc(Cl)c(C(C)C)cc1OCC(=O)c1cccn1C. The zero-order valence-electron chi connectivity index (χ0n) is 12.8. The van der Waals surface area contributed by atoms with E-state index in [1.165, 1.54) is 0 Å². The Labute approximate surface area is 130 Å². The summed E-state index contributed by atoms with van der Waals surface area (Å²) in [6.45, 7) is 6.11. The number of aromatic nitrogens is 1. The van der Waals surface area contributed by atoms with Crippen LogP contribution in [0.2, 0.25) is 5.02 Å². The van der Waals surface area contributed by atoms with Gasteiger partial charge in [0.05, 0.1) is 5.69 Å². The molecule has 0 radical (unpaired) electrons. The molecule has 0 saturated carbocycles. The maximum Gasteiger partial charge on any atom is 0.216 e. The number of benzene rings is 1. The first kappa shape index (κ1) is 15.6. The van der Waals surface area contributed by atoms with Crippen LogP contribution in [0.15, 0.2) is 30.5 Å². The lowest BCUT2D eigenvalue weighted by atomic mass is 10.0. The van der Waals surface area contributed by atoms with Crippen LogP contribution in [0, 0.1) is 6.92 Å². The first-order valence-corrected chi connectivity index (χ1v) is 7.35. The molecule has 2 rings (SSSR count). The van der Waals surface area contributed by atoms with Crippen LogP contribution in [0.1, 0.15) is 41.4 Å². The maximum atomic E-state index is 12.1. The monoisotopic (exact) mass is 305 g/mol. The molecule has 0 aliphatic heterocycles. The molecule has 3 nitrogen and oxygen atoms in total. The van der Waals surface area contributed by atoms with Crippen molar-refractivity contribution in [3.05, 3.63) is 52.3 Å². The van der Waals surface area contributed by atoms with E-state index in [2.05, 4.69) is 13.8 Å². The number of carbonyl (C=O) groups excluding carboxylic acids is 1. The minimum atomic E-state index is -0.0389. The molecule has 0 amide bonds. The summed E-state index contributed by atoms with van der Waals surface area (Å²) < 4.78 is 7.49. The second-order valence-electron chi connectivity index (χ2n) is 5.51. The Morgan fingerprint density at radius 1 is 1.38 bits per heavy atom. The summed E-state index contributed by atoms with van der Waals surface area (Å²) in [5.41, 5.74) is 2.61. The highest BCUT2D eigenvalue weighted by molar-refractivity contribution is 6.31. The summed E-state index contributed by atoms with van der Waals surface area (Å²) in [6.07, 6.45) is 1.84. The summed E-state index contributed by atoms with van der Waals surface area (Å²) in [5.74, 6) is 0.984. The lowest BCUT2D eigenvalue weighted by Crippen LogP contribution is -2.15. The highest BCUT2D eigenvalue weighted by atomic mass is 35.5. The van der Waals surface area contributed by atoms with Crippen LogP contribution in [-0.4, -0.2) is 17.0 Å². The molecule has 0 N–H and O–H groups in total. The molecule has 0 unspecified atom stereocenters. The fourth-order valence-corrected chi connectivity index (χ4v) is 2.67. The molecule has 21 heavy (non-hydrogen) atoms. The van der Waals surface area contributed by atoms with Gasteiger partial charge in [0.25, 0.3) is 0 Å². The fraction of sp³-hybridized carbons (Fsp3) is 0.353. The second kappa shape index (κ2) is 6.35. The summed E-state index contributed by atoms with van der Waals surface area (Å²) >= 11 is 6.24. The highest BCUT2D eigenvalue weighted by Crippen LogP contribution is 2.31. The van der Waals surface area contributed by atoms with Crippen LogP contribution in [0.4, 0.5) is 0 Å². The predicted octanol–water partition coefficient (Wildman–Crippen LogP) is 4.37. The van der Waals surface area contributed by atoms with Crippen LogP contribution < -0.4 is 4.74 Å².